The van der Waals surface area contributed by atoms with Crippen LogP contribution in [-0.2, 0) is 9.59 Å². The average molecular weight is 581 g/mol. The van der Waals surface area contributed by atoms with Gasteiger partial charge in [0.2, 0.25) is 0 Å². The van der Waals surface area contributed by atoms with Gasteiger partial charge in [0.15, 0.2) is 5.78 Å². The minimum Gasteiger partial charge on any atom is -0.496 e. The molecule has 0 saturated carbocycles. The molecule has 0 atom stereocenters. The van der Waals surface area contributed by atoms with E-state index in [0.717, 1.165) is 11.1 Å². The standard InChI is InChI=1S/C35H48O7/c1-20(2)27-29(39-13)25(18-19-26(36)23-14-16-24(17-15-23)41-32(37)34(7,8)9)30(40-22(5)6)28(21(3)4)31(27)42-33(38)35(10,11)12/h14-22H,1-13H3. The summed E-state index contributed by atoms with van der Waals surface area (Å²) in [5.74, 6) is 0.687. The topological polar surface area (TPSA) is 88.1 Å². The zero-order chi connectivity index (χ0) is 32.2. The van der Waals surface area contributed by atoms with Gasteiger partial charge in [-0.05, 0) is 104 Å². The molecule has 0 fully saturated rings. The van der Waals surface area contributed by atoms with E-state index in [0.29, 0.717) is 34.1 Å². The first kappa shape index (κ1) is 34.6. The van der Waals surface area contributed by atoms with E-state index < -0.39 is 10.8 Å². The Kier molecular flexibility index (Phi) is 11.2. The average Bonchev–Trinajstić information content (AvgIpc) is 2.85. The highest BCUT2D eigenvalue weighted by Crippen LogP contribution is 2.51. The molecule has 7 heteroatoms. The first-order chi connectivity index (χ1) is 19.3. The number of hydrogen-bond acceptors (Lipinski definition) is 7. The molecule has 7 nitrogen and oxygen atoms in total. The molecule has 0 spiro atoms. The minimum absolute atomic E-state index is 0.0699. The summed E-state index contributed by atoms with van der Waals surface area (Å²) in [5, 5.41) is 0. The van der Waals surface area contributed by atoms with Crippen LogP contribution in [0.25, 0.3) is 6.08 Å². The largest absolute Gasteiger partial charge is 0.496 e. The third-order valence-electron chi connectivity index (χ3n) is 6.35. The fourth-order valence-corrected chi connectivity index (χ4v) is 4.09. The predicted molar refractivity (Wildman–Crippen MR) is 167 cm³/mol. The second-order valence-electron chi connectivity index (χ2n) is 13.4. The number of benzene rings is 2. The van der Waals surface area contributed by atoms with Crippen molar-refractivity contribution >= 4 is 23.8 Å². The van der Waals surface area contributed by atoms with Gasteiger partial charge in [-0.2, -0.15) is 0 Å². The maximum atomic E-state index is 13.3. The molecule has 0 saturated heterocycles. The zero-order valence-corrected chi connectivity index (χ0v) is 27.6. The first-order valence-corrected chi connectivity index (χ1v) is 14.5. The molecule has 230 valence electrons. The Morgan fingerprint density at radius 2 is 1.17 bits per heavy atom. The Morgan fingerprint density at radius 1 is 0.690 bits per heavy atom. The summed E-state index contributed by atoms with van der Waals surface area (Å²) in [5.41, 5.74) is 1.13. The summed E-state index contributed by atoms with van der Waals surface area (Å²) >= 11 is 0. The van der Waals surface area contributed by atoms with Crippen molar-refractivity contribution in [2.24, 2.45) is 10.8 Å². The van der Waals surface area contributed by atoms with Crippen LogP contribution >= 0.6 is 0 Å². The van der Waals surface area contributed by atoms with Gasteiger partial charge in [-0.25, -0.2) is 0 Å². The third kappa shape index (κ3) is 8.46. The summed E-state index contributed by atoms with van der Waals surface area (Å²) in [7, 11) is 1.56. The molecule has 0 aliphatic heterocycles. The lowest BCUT2D eigenvalue weighted by Gasteiger charge is -2.29. The zero-order valence-electron chi connectivity index (χ0n) is 27.6. The van der Waals surface area contributed by atoms with E-state index in [2.05, 4.69) is 0 Å². The highest BCUT2D eigenvalue weighted by molar-refractivity contribution is 6.07. The van der Waals surface area contributed by atoms with E-state index in [1.165, 1.54) is 6.08 Å². The number of hydrogen-bond donors (Lipinski definition) is 0. The molecule has 0 amide bonds. The van der Waals surface area contributed by atoms with E-state index in [1.807, 2.05) is 62.3 Å². The lowest BCUT2D eigenvalue weighted by molar-refractivity contribution is -0.143. The summed E-state index contributed by atoms with van der Waals surface area (Å²) < 4.78 is 23.8. The molecule has 0 N–H and O–H groups in total. The van der Waals surface area contributed by atoms with E-state index in [4.69, 9.17) is 18.9 Å². The third-order valence-corrected chi connectivity index (χ3v) is 6.35. The molecule has 0 unspecified atom stereocenters. The van der Waals surface area contributed by atoms with Crippen LogP contribution in [0.2, 0.25) is 0 Å². The number of methoxy groups -OCH3 is 1. The van der Waals surface area contributed by atoms with Crippen LogP contribution in [-0.4, -0.2) is 30.9 Å². The molecule has 0 heterocycles. The second kappa shape index (κ2) is 13.6. The number of carbonyl (C=O) groups excluding carboxylic acids is 3. The lowest BCUT2D eigenvalue weighted by atomic mass is 9.88. The SMILES string of the molecule is COc1c(C=CC(=O)c2ccc(OC(=O)C(C)(C)C)cc2)c(OC(C)C)c(C(C)C)c(OC(=O)C(C)(C)C)c1C(C)C. The van der Waals surface area contributed by atoms with Crippen LogP contribution in [0, 0.1) is 10.8 Å². The molecular formula is C35H48O7. The molecule has 2 rings (SSSR count). The summed E-state index contributed by atoms with van der Waals surface area (Å²) in [6, 6.07) is 6.44. The van der Waals surface area contributed by atoms with Crippen molar-refractivity contribution in [2.45, 2.75) is 101 Å². The first-order valence-electron chi connectivity index (χ1n) is 14.5. The van der Waals surface area contributed by atoms with Crippen molar-refractivity contribution in [1.29, 1.82) is 0 Å². The van der Waals surface area contributed by atoms with Crippen LogP contribution in [0.3, 0.4) is 0 Å². The molecule has 0 aliphatic rings. The Balaban J connectivity index is 2.70. The normalized spacial score (nSPS) is 12.3. The minimum atomic E-state index is -0.722. The van der Waals surface area contributed by atoms with Crippen LogP contribution in [0.5, 0.6) is 23.0 Å². The monoisotopic (exact) mass is 580 g/mol. The number of esters is 2. The van der Waals surface area contributed by atoms with Crippen molar-refractivity contribution in [3.05, 3.63) is 52.6 Å². The van der Waals surface area contributed by atoms with E-state index in [9.17, 15) is 14.4 Å². The molecule has 42 heavy (non-hydrogen) atoms. The summed E-state index contributed by atoms with van der Waals surface area (Å²) in [6.45, 7) is 22.6. The van der Waals surface area contributed by atoms with Crippen molar-refractivity contribution in [3.63, 3.8) is 0 Å². The van der Waals surface area contributed by atoms with Crippen LogP contribution in [0.15, 0.2) is 30.3 Å². The van der Waals surface area contributed by atoms with Gasteiger partial charge in [0, 0.05) is 16.7 Å². The second-order valence-corrected chi connectivity index (χ2v) is 13.4. The van der Waals surface area contributed by atoms with Crippen molar-refractivity contribution in [1.82, 2.24) is 0 Å². The van der Waals surface area contributed by atoms with Gasteiger partial charge in [-0.15, -0.1) is 0 Å². The molecule has 0 aliphatic carbocycles. The van der Waals surface area contributed by atoms with E-state index >= 15 is 0 Å². The van der Waals surface area contributed by atoms with Crippen LogP contribution in [0.4, 0.5) is 0 Å². The number of rotatable bonds is 10. The van der Waals surface area contributed by atoms with E-state index in [1.54, 1.807) is 58.2 Å². The molecule has 0 radical (unpaired) electrons. The lowest BCUT2D eigenvalue weighted by Crippen LogP contribution is -2.27. The van der Waals surface area contributed by atoms with Gasteiger partial charge in [0.05, 0.1) is 29.6 Å². The number of ketones is 1. The number of allylic oxidation sites excluding steroid dienone is 1. The van der Waals surface area contributed by atoms with Gasteiger partial charge < -0.3 is 18.9 Å². The van der Waals surface area contributed by atoms with E-state index in [-0.39, 0.29) is 35.7 Å². The van der Waals surface area contributed by atoms with Gasteiger partial charge in [-0.3, -0.25) is 14.4 Å². The highest BCUT2D eigenvalue weighted by atomic mass is 16.5. The fourth-order valence-electron chi connectivity index (χ4n) is 4.09. The predicted octanol–water partition coefficient (Wildman–Crippen LogP) is 8.53. The van der Waals surface area contributed by atoms with Gasteiger partial charge in [-0.1, -0.05) is 27.7 Å². The Bertz CT molecular complexity index is 1320. The smallest absolute Gasteiger partial charge is 0.316 e. The van der Waals surface area contributed by atoms with Gasteiger partial charge >= 0.3 is 11.9 Å². The van der Waals surface area contributed by atoms with Crippen LogP contribution < -0.4 is 18.9 Å². The Hall–Kier alpha value is -3.61. The Morgan fingerprint density at radius 3 is 1.60 bits per heavy atom. The maximum Gasteiger partial charge on any atom is 0.316 e. The molecule has 2 aromatic rings. The summed E-state index contributed by atoms with van der Waals surface area (Å²) in [6.07, 6.45) is 2.96. The van der Waals surface area contributed by atoms with Gasteiger partial charge in [0.25, 0.3) is 0 Å². The fraction of sp³-hybridized carbons (Fsp3) is 0.514. The van der Waals surface area contributed by atoms with Crippen molar-refractivity contribution in [3.8, 4) is 23.0 Å². The Labute approximate surface area is 251 Å². The van der Waals surface area contributed by atoms with Crippen molar-refractivity contribution < 1.29 is 33.3 Å². The summed E-state index contributed by atoms with van der Waals surface area (Å²) in [4.78, 5) is 38.6. The molecular weight excluding hydrogens is 532 g/mol. The number of ether oxygens (including phenoxy) is 4. The maximum absolute atomic E-state index is 13.3. The van der Waals surface area contributed by atoms with Gasteiger partial charge in [0.1, 0.15) is 23.0 Å². The molecule has 0 aromatic heterocycles. The number of carbonyl (C=O) groups is 3. The highest BCUT2D eigenvalue weighted by Gasteiger charge is 2.33. The van der Waals surface area contributed by atoms with Crippen LogP contribution in [0.1, 0.15) is 122 Å². The molecule has 0 bridgehead atoms. The molecule has 2 aromatic carbocycles. The quantitative estimate of drug-likeness (QED) is 0.120. The van der Waals surface area contributed by atoms with Crippen molar-refractivity contribution in [2.75, 3.05) is 7.11 Å².